The van der Waals surface area contributed by atoms with Crippen LogP contribution in [-0.2, 0) is 6.18 Å². The highest BCUT2D eigenvalue weighted by Gasteiger charge is 2.30. The number of aromatic nitrogens is 2. The lowest BCUT2D eigenvalue weighted by molar-refractivity contribution is -0.137. The first-order valence-corrected chi connectivity index (χ1v) is 6.98. The van der Waals surface area contributed by atoms with Crippen LogP contribution in [0.2, 0.25) is 0 Å². The molecule has 1 fully saturated rings. The molecule has 0 radical (unpaired) electrons. The molecule has 0 saturated carbocycles. The van der Waals surface area contributed by atoms with Crippen LogP contribution in [0.15, 0.2) is 36.5 Å². The van der Waals surface area contributed by atoms with Crippen LogP contribution in [0.5, 0.6) is 0 Å². The van der Waals surface area contributed by atoms with Crippen molar-refractivity contribution in [2.24, 2.45) is 0 Å². The molecule has 0 atom stereocenters. The summed E-state index contributed by atoms with van der Waals surface area (Å²) in [5.41, 5.74) is 1.10. The third kappa shape index (κ3) is 2.95. The van der Waals surface area contributed by atoms with Crippen molar-refractivity contribution in [1.29, 1.82) is 0 Å². The molecule has 1 aliphatic rings. The third-order valence-electron chi connectivity index (χ3n) is 3.87. The molecule has 0 bridgehead atoms. The van der Waals surface area contributed by atoms with E-state index in [1.807, 2.05) is 6.07 Å². The first kappa shape index (κ1) is 14.1. The van der Waals surface area contributed by atoms with E-state index in [0.717, 1.165) is 43.8 Å². The zero-order valence-corrected chi connectivity index (χ0v) is 11.4. The molecule has 0 amide bonds. The van der Waals surface area contributed by atoms with Crippen molar-refractivity contribution >= 4 is 0 Å². The molecule has 112 valence electrons. The molecule has 21 heavy (non-hydrogen) atoms. The maximum Gasteiger partial charge on any atom is 0.416 e. The lowest BCUT2D eigenvalue weighted by atomic mass is 9.94. The number of halogens is 3. The second-order valence-electron chi connectivity index (χ2n) is 5.24. The molecule has 2 heterocycles. The van der Waals surface area contributed by atoms with Crippen LogP contribution < -0.4 is 5.32 Å². The van der Waals surface area contributed by atoms with Crippen LogP contribution in [-0.4, -0.2) is 22.9 Å². The van der Waals surface area contributed by atoms with Crippen LogP contribution in [0.25, 0.3) is 5.69 Å². The summed E-state index contributed by atoms with van der Waals surface area (Å²) in [5.74, 6) is 0.399. The molecular weight excluding hydrogens is 279 g/mol. The molecule has 0 aliphatic carbocycles. The molecule has 3 rings (SSSR count). The van der Waals surface area contributed by atoms with Crippen LogP contribution >= 0.6 is 0 Å². The summed E-state index contributed by atoms with van der Waals surface area (Å²) >= 11 is 0. The minimum Gasteiger partial charge on any atom is -0.317 e. The number of piperidine rings is 1. The van der Waals surface area contributed by atoms with Gasteiger partial charge in [-0.25, -0.2) is 4.68 Å². The predicted molar refractivity (Wildman–Crippen MR) is 73.4 cm³/mol. The molecule has 1 N–H and O–H groups in total. The average Bonchev–Trinajstić information content (AvgIpc) is 2.97. The molecule has 6 heteroatoms. The number of rotatable bonds is 2. The normalized spacial score (nSPS) is 17.1. The predicted octanol–water partition coefficient (Wildman–Crippen LogP) is 3.36. The number of hydrogen-bond acceptors (Lipinski definition) is 2. The molecule has 1 aliphatic heterocycles. The van der Waals surface area contributed by atoms with Gasteiger partial charge >= 0.3 is 6.18 Å². The molecule has 0 spiro atoms. The van der Waals surface area contributed by atoms with Crippen LogP contribution in [0.1, 0.15) is 30.0 Å². The zero-order chi connectivity index (χ0) is 14.9. The van der Waals surface area contributed by atoms with E-state index in [9.17, 15) is 13.2 Å². The number of hydrogen-bond donors (Lipinski definition) is 1. The molecule has 1 saturated heterocycles. The summed E-state index contributed by atoms with van der Waals surface area (Å²) in [4.78, 5) is 0. The Labute approximate surface area is 120 Å². The fourth-order valence-electron chi connectivity index (χ4n) is 2.75. The topological polar surface area (TPSA) is 29.9 Å². The van der Waals surface area contributed by atoms with Gasteiger partial charge in [0.2, 0.25) is 0 Å². The van der Waals surface area contributed by atoms with Crippen LogP contribution in [0.3, 0.4) is 0 Å². The van der Waals surface area contributed by atoms with Gasteiger partial charge in [0, 0.05) is 17.8 Å². The lowest BCUT2D eigenvalue weighted by Gasteiger charge is -2.23. The highest BCUT2D eigenvalue weighted by Crippen LogP contribution is 2.31. The number of nitrogens with zero attached hydrogens (tertiary/aromatic N) is 2. The summed E-state index contributed by atoms with van der Waals surface area (Å²) in [7, 11) is 0. The van der Waals surface area contributed by atoms with Gasteiger partial charge in [0.15, 0.2) is 0 Å². The van der Waals surface area contributed by atoms with Gasteiger partial charge in [0.1, 0.15) is 0 Å². The highest BCUT2D eigenvalue weighted by atomic mass is 19.4. The van der Waals surface area contributed by atoms with Gasteiger partial charge in [0.05, 0.1) is 11.3 Å². The zero-order valence-electron chi connectivity index (χ0n) is 11.4. The first-order chi connectivity index (χ1) is 10.1. The minimum atomic E-state index is -4.31. The third-order valence-corrected chi connectivity index (χ3v) is 3.87. The maximum absolute atomic E-state index is 12.6. The van der Waals surface area contributed by atoms with Gasteiger partial charge in [-0.2, -0.15) is 18.3 Å². The smallest absolute Gasteiger partial charge is 0.317 e. The quantitative estimate of drug-likeness (QED) is 0.920. The van der Waals surface area contributed by atoms with Crippen molar-refractivity contribution in [3.05, 3.63) is 47.8 Å². The van der Waals surface area contributed by atoms with Gasteiger partial charge < -0.3 is 5.32 Å². The summed E-state index contributed by atoms with van der Waals surface area (Å²) < 4.78 is 39.6. The minimum absolute atomic E-state index is 0.399. The second kappa shape index (κ2) is 5.52. The van der Waals surface area contributed by atoms with Gasteiger partial charge in [-0.1, -0.05) is 0 Å². The van der Waals surface area contributed by atoms with E-state index in [2.05, 4.69) is 10.4 Å². The van der Waals surface area contributed by atoms with Crippen LogP contribution in [0, 0.1) is 0 Å². The summed E-state index contributed by atoms with van der Waals surface area (Å²) in [6, 6.07) is 7.10. The first-order valence-electron chi connectivity index (χ1n) is 6.98. The van der Waals surface area contributed by atoms with Crippen molar-refractivity contribution in [2.75, 3.05) is 13.1 Å². The monoisotopic (exact) mass is 295 g/mol. The molecule has 1 aromatic carbocycles. The van der Waals surface area contributed by atoms with E-state index >= 15 is 0 Å². The lowest BCUT2D eigenvalue weighted by Crippen LogP contribution is -2.27. The SMILES string of the molecule is FC(F)(F)c1ccc(-n2nccc2C2CCNCC2)cc1. The molecular formula is C15H16F3N3. The van der Waals surface area contributed by atoms with Crippen molar-refractivity contribution in [3.63, 3.8) is 0 Å². The molecule has 1 aromatic heterocycles. The Morgan fingerprint density at radius 2 is 1.71 bits per heavy atom. The number of benzene rings is 1. The second-order valence-corrected chi connectivity index (χ2v) is 5.24. The van der Waals surface area contributed by atoms with E-state index < -0.39 is 11.7 Å². The molecule has 3 nitrogen and oxygen atoms in total. The fraction of sp³-hybridized carbons (Fsp3) is 0.400. The van der Waals surface area contributed by atoms with Gasteiger partial charge in [-0.15, -0.1) is 0 Å². The number of alkyl halides is 3. The Morgan fingerprint density at radius 1 is 1.05 bits per heavy atom. The molecule has 0 unspecified atom stereocenters. The van der Waals surface area contributed by atoms with Gasteiger partial charge in [-0.05, 0) is 56.3 Å². The fourth-order valence-corrected chi connectivity index (χ4v) is 2.75. The van der Waals surface area contributed by atoms with Crippen molar-refractivity contribution in [3.8, 4) is 5.69 Å². The Bertz CT molecular complexity index is 595. The maximum atomic E-state index is 12.6. The Kier molecular flexibility index (Phi) is 3.71. The van der Waals surface area contributed by atoms with E-state index in [1.165, 1.54) is 12.1 Å². The molecule has 2 aromatic rings. The Hall–Kier alpha value is -1.82. The Balaban J connectivity index is 1.89. The standard InChI is InChI=1S/C15H16F3N3/c16-15(17,18)12-1-3-13(4-2-12)21-14(7-10-20-21)11-5-8-19-9-6-11/h1-4,7,10-11,19H,5-6,8-9H2. The van der Waals surface area contributed by atoms with Gasteiger partial charge in [-0.3, -0.25) is 0 Å². The van der Waals surface area contributed by atoms with Gasteiger partial charge in [0.25, 0.3) is 0 Å². The Morgan fingerprint density at radius 3 is 2.33 bits per heavy atom. The van der Waals surface area contributed by atoms with E-state index in [4.69, 9.17) is 0 Å². The average molecular weight is 295 g/mol. The summed E-state index contributed by atoms with van der Waals surface area (Å²) in [5, 5.41) is 7.57. The highest BCUT2D eigenvalue weighted by molar-refractivity contribution is 5.37. The summed E-state index contributed by atoms with van der Waals surface area (Å²) in [6.07, 6.45) is -0.561. The van der Waals surface area contributed by atoms with E-state index in [1.54, 1.807) is 10.9 Å². The van der Waals surface area contributed by atoms with Crippen LogP contribution in [0.4, 0.5) is 13.2 Å². The van der Waals surface area contributed by atoms with E-state index in [0.29, 0.717) is 11.6 Å². The van der Waals surface area contributed by atoms with Crippen molar-refractivity contribution in [1.82, 2.24) is 15.1 Å². The largest absolute Gasteiger partial charge is 0.416 e. The van der Waals surface area contributed by atoms with Crippen molar-refractivity contribution in [2.45, 2.75) is 24.9 Å². The number of nitrogens with one attached hydrogen (secondary N) is 1. The summed E-state index contributed by atoms with van der Waals surface area (Å²) in [6.45, 7) is 1.92. The van der Waals surface area contributed by atoms with Crippen molar-refractivity contribution < 1.29 is 13.2 Å². The van der Waals surface area contributed by atoms with E-state index in [-0.39, 0.29) is 0 Å².